The Labute approximate surface area is 271 Å². The summed E-state index contributed by atoms with van der Waals surface area (Å²) in [4.78, 5) is 14.6. The van der Waals surface area contributed by atoms with E-state index in [2.05, 4.69) is 103 Å². The van der Waals surface area contributed by atoms with Gasteiger partial charge in [-0.3, -0.25) is 0 Å². The molecule has 0 saturated carbocycles. The molecule has 0 amide bonds. The molecule has 0 saturated heterocycles. The van der Waals surface area contributed by atoms with E-state index in [0.29, 0.717) is 17.5 Å². The van der Waals surface area contributed by atoms with E-state index >= 15 is 0 Å². The molecule has 0 fully saturated rings. The molecular formula is C43H27N3O. The first kappa shape index (κ1) is 27.0. The van der Waals surface area contributed by atoms with E-state index in [-0.39, 0.29) is 0 Å². The molecule has 9 aromatic rings. The van der Waals surface area contributed by atoms with E-state index in [1.165, 1.54) is 16.3 Å². The van der Waals surface area contributed by atoms with Gasteiger partial charge in [-0.05, 0) is 63.4 Å². The van der Waals surface area contributed by atoms with Crippen molar-refractivity contribution in [3.8, 4) is 56.4 Å². The number of benzene rings is 7. The Bertz CT molecular complexity index is 2500. The third-order valence-electron chi connectivity index (χ3n) is 8.73. The largest absolute Gasteiger partial charge is 0.456 e. The Balaban J connectivity index is 1.06. The van der Waals surface area contributed by atoms with E-state index in [1.54, 1.807) is 0 Å². The first-order valence-electron chi connectivity index (χ1n) is 15.7. The van der Waals surface area contributed by atoms with Crippen LogP contribution in [-0.2, 0) is 0 Å². The molecule has 0 aliphatic rings. The fourth-order valence-electron chi connectivity index (χ4n) is 6.25. The lowest BCUT2D eigenvalue weighted by atomic mass is 9.99. The number of hydrogen-bond donors (Lipinski definition) is 0. The summed E-state index contributed by atoms with van der Waals surface area (Å²) in [5.41, 5.74) is 9.08. The molecule has 7 aromatic carbocycles. The van der Waals surface area contributed by atoms with Crippen LogP contribution in [0.4, 0.5) is 0 Å². The van der Waals surface area contributed by atoms with Crippen molar-refractivity contribution in [1.82, 2.24) is 15.0 Å². The molecule has 9 rings (SSSR count). The number of nitrogens with zero attached hydrogens (tertiary/aromatic N) is 3. The number of furan rings is 1. The molecule has 0 atom stereocenters. The molecule has 2 aromatic heterocycles. The minimum atomic E-state index is 0.638. The van der Waals surface area contributed by atoms with Crippen molar-refractivity contribution in [3.63, 3.8) is 0 Å². The van der Waals surface area contributed by atoms with Crippen molar-refractivity contribution in [3.05, 3.63) is 164 Å². The van der Waals surface area contributed by atoms with Crippen LogP contribution in [0.5, 0.6) is 0 Å². The van der Waals surface area contributed by atoms with E-state index in [0.717, 1.165) is 55.3 Å². The molecule has 0 spiro atoms. The Morgan fingerprint density at radius 3 is 1.28 bits per heavy atom. The van der Waals surface area contributed by atoms with Crippen molar-refractivity contribution in [2.24, 2.45) is 0 Å². The van der Waals surface area contributed by atoms with Crippen LogP contribution >= 0.6 is 0 Å². The molecule has 47 heavy (non-hydrogen) atoms. The maximum absolute atomic E-state index is 6.44. The van der Waals surface area contributed by atoms with E-state index < -0.39 is 0 Å². The lowest BCUT2D eigenvalue weighted by Gasteiger charge is -2.09. The summed E-state index contributed by atoms with van der Waals surface area (Å²) in [6, 6.07) is 56.4. The highest BCUT2D eigenvalue weighted by atomic mass is 16.3. The minimum Gasteiger partial charge on any atom is -0.456 e. The van der Waals surface area contributed by atoms with Gasteiger partial charge in [0.15, 0.2) is 17.5 Å². The summed E-state index contributed by atoms with van der Waals surface area (Å²) in [6.45, 7) is 0. The maximum atomic E-state index is 6.44. The number of rotatable bonds is 5. The average Bonchev–Trinajstić information content (AvgIpc) is 3.52. The second-order valence-corrected chi connectivity index (χ2v) is 11.7. The van der Waals surface area contributed by atoms with Gasteiger partial charge in [0.25, 0.3) is 0 Å². The van der Waals surface area contributed by atoms with Crippen LogP contribution in [0.15, 0.2) is 168 Å². The topological polar surface area (TPSA) is 51.8 Å². The van der Waals surface area contributed by atoms with Gasteiger partial charge in [-0.15, -0.1) is 0 Å². The van der Waals surface area contributed by atoms with Crippen LogP contribution in [0, 0.1) is 0 Å². The van der Waals surface area contributed by atoms with Crippen LogP contribution in [0.25, 0.3) is 89.1 Å². The Morgan fingerprint density at radius 1 is 0.298 bits per heavy atom. The molecule has 0 radical (unpaired) electrons. The summed E-state index contributed by atoms with van der Waals surface area (Å²) in [5.74, 6) is 1.94. The number of hydrogen-bond acceptors (Lipinski definition) is 4. The molecule has 0 unspecified atom stereocenters. The van der Waals surface area contributed by atoms with Crippen molar-refractivity contribution in [2.45, 2.75) is 0 Å². The van der Waals surface area contributed by atoms with E-state index in [4.69, 9.17) is 19.4 Å². The van der Waals surface area contributed by atoms with Crippen LogP contribution in [0.3, 0.4) is 0 Å². The second-order valence-electron chi connectivity index (χ2n) is 11.7. The number of fused-ring (bicyclic) bond motifs is 4. The molecule has 0 aliphatic carbocycles. The van der Waals surface area contributed by atoms with Gasteiger partial charge in [-0.25, -0.2) is 15.0 Å². The highest BCUT2D eigenvalue weighted by molar-refractivity contribution is 6.07. The van der Waals surface area contributed by atoms with Gasteiger partial charge in [0.1, 0.15) is 11.2 Å². The fraction of sp³-hybridized carbons (Fsp3) is 0. The summed E-state index contributed by atoms with van der Waals surface area (Å²) < 4.78 is 6.44. The first-order chi connectivity index (χ1) is 23.2. The molecule has 2 heterocycles. The Morgan fingerprint density at radius 2 is 0.702 bits per heavy atom. The maximum Gasteiger partial charge on any atom is 0.164 e. The van der Waals surface area contributed by atoms with Crippen molar-refractivity contribution in [2.75, 3.05) is 0 Å². The highest BCUT2D eigenvalue weighted by Crippen LogP contribution is 2.36. The zero-order chi connectivity index (χ0) is 31.2. The van der Waals surface area contributed by atoms with Crippen molar-refractivity contribution in [1.29, 1.82) is 0 Å². The van der Waals surface area contributed by atoms with Crippen molar-refractivity contribution < 1.29 is 4.42 Å². The predicted molar refractivity (Wildman–Crippen MR) is 192 cm³/mol. The predicted octanol–water partition coefficient (Wildman–Crippen LogP) is 11.3. The smallest absolute Gasteiger partial charge is 0.164 e. The summed E-state index contributed by atoms with van der Waals surface area (Å²) >= 11 is 0. The quantitative estimate of drug-likeness (QED) is 0.197. The molecule has 0 bridgehead atoms. The fourth-order valence-corrected chi connectivity index (χ4v) is 6.25. The summed E-state index contributed by atoms with van der Waals surface area (Å²) in [5, 5.41) is 4.69. The first-order valence-corrected chi connectivity index (χ1v) is 15.7. The molecular weight excluding hydrogens is 574 g/mol. The standard InChI is InChI=1S/C43H27N3O/c1-3-10-30(11-4-1)41-44-42(31-12-5-2-6-13-31)46-43(45-41)32-18-15-29(16-19-32)35-21-23-37-38-24-22-36(27-40(38)47-39(37)26-35)34-20-17-28-9-7-8-14-33(28)25-34/h1-27H. The molecule has 0 N–H and O–H groups in total. The Kier molecular flexibility index (Phi) is 6.43. The highest BCUT2D eigenvalue weighted by Gasteiger charge is 2.14. The lowest BCUT2D eigenvalue weighted by molar-refractivity contribution is 0.669. The summed E-state index contributed by atoms with van der Waals surface area (Å²) in [6.07, 6.45) is 0. The SMILES string of the molecule is c1ccc(-c2nc(-c3ccccc3)nc(-c3ccc(-c4ccc5c(c4)oc4cc(-c6ccc7ccccc7c6)ccc45)cc3)n2)cc1. The zero-order valence-electron chi connectivity index (χ0n) is 25.3. The van der Waals surface area contributed by atoms with Gasteiger partial charge in [0, 0.05) is 27.5 Å². The monoisotopic (exact) mass is 601 g/mol. The summed E-state index contributed by atoms with van der Waals surface area (Å²) in [7, 11) is 0. The van der Waals surface area contributed by atoms with Gasteiger partial charge in [-0.1, -0.05) is 133 Å². The van der Waals surface area contributed by atoms with Gasteiger partial charge >= 0.3 is 0 Å². The lowest BCUT2D eigenvalue weighted by Crippen LogP contribution is -2.00. The van der Waals surface area contributed by atoms with Crippen LogP contribution < -0.4 is 0 Å². The third kappa shape index (κ3) is 5.02. The van der Waals surface area contributed by atoms with Crippen LogP contribution in [-0.4, -0.2) is 15.0 Å². The molecule has 220 valence electrons. The third-order valence-corrected chi connectivity index (χ3v) is 8.73. The normalized spacial score (nSPS) is 11.4. The van der Waals surface area contributed by atoms with Gasteiger partial charge in [0.2, 0.25) is 0 Å². The number of aromatic nitrogens is 3. The Hall–Kier alpha value is -6.39. The molecule has 0 aliphatic heterocycles. The minimum absolute atomic E-state index is 0.638. The van der Waals surface area contributed by atoms with Gasteiger partial charge < -0.3 is 4.42 Å². The van der Waals surface area contributed by atoms with Crippen LogP contribution in [0.1, 0.15) is 0 Å². The van der Waals surface area contributed by atoms with E-state index in [9.17, 15) is 0 Å². The van der Waals surface area contributed by atoms with E-state index in [1.807, 2.05) is 60.7 Å². The van der Waals surface area contributed by atoms with Gasteiger partial charge in [-0.2, -0.15) is 0 Å². The molecule has 4 nitrogen and oxygen atoms in total. The second kappa shape index (κ2) is 11.2. The average molecular weight is 602 g/mol. The van der Waals surface area contributed by atoms with Crippen LogP contribution in [0.2, 0.25) is 0 Å². The molecule has 4 heteroatoms. The van der Waals surface area contributed by atoms with Crippen molar-refractivity contribution >= 4 is 32.7 Å². The zero-order valence-corrected chi connectivity index (χ0v) is 25.3. The van der Waals surface area contributed by atoms with Gasteiger partial charge in [0.05, 0.1) is 0 Å².